The number of nitrogens with one attached hydrogen (secondary N) is 1. The molecule has 0 amide bonds. The third kappa shape index (κ3) is 3.50. The number of hydrogen-bond acceptors (Lipinski definition) is 4. The van der Waals surface area contributed by atoms with E-state index in [-0.39, 0.29) is 22.8 Å². The lowest BCUT2D eigenvalue weighted by Gasteiger charge is -2.18. The highest BCUT2D eigenvalue weighted by atomic mass is 79.9. The number of para-hydroxylation sites is 1. The van der Waals surface area contributed by atoms with Crippen LogP contribution in [0.5, 0.6) is 0 Å². The minimum absolute atomic E-state index is 0.106. The summed E-state index contributed by atoms with van der Waals surface area (Å²) < 4.78 is 5.15. The van der Waals surface area contributed by atoms with Crippen LogP contribution >= 0.6 is 15.9 Å². The Kier molecular flexibility index (Phi) is 5.09. The Labute approximate surface area is 191 Å². The molecule has 32 heavy (non-hydrogen) atoms. The number of pyridine rings is 1. The van der Waals surface area contributed by atoms with Crippen molar-refractivity contribution < 1.29 is 0 Å². The molecule has 7 nitrogen and oxygen atoms in total. The van der Waals surface area contributed by atoms with Crippen molar-refractivity contribution in [1.82, 2.24) is 13.7 Å². The Morgan fingerprint density at radius 2 is 1.69 bits per heavy atom. The number of halogens is 1. The summed E-state index contributed by atoms with van der Waals surface area (Å²) in [6.45, 7) is 0.433. The maximum Gasteiger partial charge on any atom is 0.337 e. The number of aromatic nitrogens is 3. The molecule has 2 aromatic heterocycles. The first-order valence-electron chi connectivity index (χ1n) is 10.4. The Morgan fingerprint density at radius 1 is 1.00 bits per heavy atom. The van der Waals surface area contributed by atoms with Gasteiger partial charge in [0.2, 0.25) is 0 Å². The van der Waals surface area contributed by atoms with Gasteiger partial charge in [0.15, 0.2) is 0 Å². The van der Waals surface area contributed by atoms with Crippen molar-refractivity contribution in [3.8, 4) is 5.69 Å². The Balaban J connectivity index is 1.79. The lowest BCUT2D eigenvalue weighted by atomic mass is 10.2. The van der Waals surface area contributed by atoms with E-state index in [4.69, 9.17) is 0 Å². The van der Waals surface area contributed by atoms with Gasteiger partial charge < -0.3 is 5.32 Å². The van der Waals surface area contributed by atoms with E-state index >= 15 is 0 Å². The van der Waals surface area contributed by atoms with Crippen molar-refractivity contribution in [3.63, 3.8) is 0 Å². The zero-order valence-corrected chi connectivity index (χ0v) is 19.0. The molecule has 0 aliphatic heterocycles. The van der Waals surface area contributed by atoms with Gasteiger partial charge >= 0.3 is 5.69 Å². The number of nitrogens with zero attached hydrogens (tertiary/aromatic N) is 3. The van der Waals surface area contributed by atoms with E-state index in [0.29, 0.717) is 23.3 Å². The minimum Gasteiger partial charge on any atom is -0.380 e. The molecule has 0 saturated heterocycles. The normalized spacial score (nSPS) is 13.4. The maximum absolute atomic E-state index is 13.5. The van der Waals surface area contributed by atoms with Gasteiger partial charge in [-0.3, -0.25) is 18.7 Å². The summed E-state index contributed by atoms with van der Waals surface area (Å²) in [5, 5.41) is 3.59. The van der Waals surface area contributed by atoms with Gasteiger partial charge in [-0.25, -0.2) is 9.36 Å². The molecular weight excluding hydrogens is 472 g/mol. The van der Waals surface area contributed by atoms with Gasteiger partial charge in [0.25, 0.3) is 11.1 Å². The molecule has 0 unspecified atom stereocenters. The number of hydrogen-bond donors (Lipinski definition) is 1. The van der Waals surface area contributed by atoms with Crippen LogP contribution in [0.15, 0.2) is 79.5 Å². The highest BCUT2D eigenvalue weighted by Crippen LogP contribution is 2.33. The second kappa shape index (κ2) is 7.94. The van der Waals surface area contributed by atoms with Crippen LogP contribution in [0, 0.1) is 0 Å². The van der Waals surface area contributed by atoms with E-state index in [1.165, 1.54) is 19.8 Å². The second-order valence-corrected chi connectivity index (χ2v) is 8.91. The fourth-order valence-corrected chi connectivity index (χ4v) is 4.23. The van der Waals surface area contributed by atoms with E-state index in [9.17, 15) is 14.4 Å². The van der Waals surface area contributed by atoms with Crippen LogP contribution in [0.3, 0.4) is 0 Å². The molecule has 2 heterocycles. The monoisotopic (exact) mass is 492 g/mol. The molecule has 1 aliphatic carbocycles. The predicted molar refractivity (Wildman–Crippen MR) is 129 cm³/mol. The fraction of sp³-hybridized carbons (Fsp3) is 0.208. The summed E-state index contributed by atoms with van der Waals surface area (Å²) in [6.07, 6.45) is 1.59. The molecule has 1 aliphatic rings. The summed E-state index contributed by atoms with van der Waals surface area (Å²) in [5.74, 6) is 0. The van der Waals surface area contributed by atoms with Gasteiger partial charge in [-0.1, -0.05) is 46.3 Å². The Bertz CT molecular complexity index is 1500. The van der Waals surface area contributed by atoms with Crippen LogP contribution in [0.4, 0.5) is 5.69 Å². The first kappa shape index (κ1) is 20.5. The van der Waals surface area contributed by atoms with Crippen molar-refractivity contribution in [3.05, 3.63) is 102 Å². The van der Waals surface area contributed by atoms with Crippen LogP contribution in [-0.2, 0) is 13.6 Å². The second-order valence-electron chi connectivity index (χ2n) is 7.99. The molecule has 4 aromatic rings. The van der Waals surface area contributed by atoms with E-state index in [1.807, 2.05) is 42.5 Å². The zero-order valence-electron chi connectivity index (χ0n) is 17.4. The van der Waals surface area contributed by atoms with Crippen LogP contribution in [0.25, 0.3) is 16.7 Å². The van der Waals surface area contributed by atoms with E-state index in [0.717, 1.165) is 22.9 Å². The summed E-state index contributed by atoms with van der Waals surface area (Å²) >= 11 is 3.42. The first-order valence-corrected chi connectivity index (χ1v) is 11.2. The number of benzene rings is 2. The highest BCUT2D eigenvalue weighted by molar-refractivity contribution is 9.10. The van der Waals surface area contributed by atoms with Gasteiger partial charge in [0.05, 0.1) is 11.4 Å². The molecule has 162 valence electrons. The minimum atomic E-state index is -0.420. The average molecular weight is 493 g/mol. The largest absolute Gasteiger partial charge is 0.380 e. The van der Waals surface area contributed by atoms with E-state index in [1.54, 1.807) is 19.2 Å². The van der Waals surface area contributed by atoms with Crippen molar-refractivity contribution >= 4 is 32.7 Å². The standard InChI is InChI=1S/C24H21BrN4O3/c1-27-20(30)13-19(26-14-15-7-9-16(25)10-8-15)21-22(27)28(17-5-3-2-4-6-17)24(32)29(23(21)31)18-11-12-18/h2-10,13,18,26H,11-12,14H2,1H3. The number of rotatable bonds is 5. The fourth-order valence-electron chi connectivity index (χ4n) is 3.97. The van der Waals surface area contributed by atoms with Crippen LogP contribution in [-0.4, -0.2) is 13.7 Å². The van der Waals surface area contributed by atoms with Crippen LogP contribution in [0.2, 0.25) is 0 Å². The third-order valence-electron chi connectivity index (χ3n) is 5.77. The average Bonchev–Trinajstić information content (AvgIpc) is 3.62. The zero-order chi connectivity index (χ0) is 22.4. The molecule has 5 rings (SSSR count). The number of fused-ring (bicyclic) bond motifs is 1. The Hall–Kier alpha value is -3.39. The molecule has 1 N–H and O–H groups in total. The van der Waals surface area contributed by atoms with E-state index in [2.05, 4.69) is 21.2 Å². The lowest BCUT2D eigenvalue weighted by Crippen LogP contribution is -2.41. The SMILES string of the molecule is Cn1c(=O)cc(NCc2ccc(Br)cc2)c2c(=O)n(C3CC3)c(=O)n(-c3ccccc3)c21. The molecular formula is C24H21BrN4O3. The Morgan fingerprint density at radius 3 is 2.34 bits per heavy atom. The molecule has 0 spiro atoms. The number of anilines is 1. The summed E-state index contributed by atoms with van der Waals surface area (Å²) in [5.41, 5.74) is 1.23. The summed E-state index contributed by atoms with van der Waals surface area (Å²) in [6, 6.07) is 18.2. The highest BCUT2D eigenvalue weighted by Gasteiger charge is 2.30. The topological polar surface area (TPSA) is 78.0 Å². The maximum atomic E-state index is 13.5. The van der Waals surface area contributed by atoms with Crippen molar-refractivity contribution in [1.29, 1.82) is 0 Å². The molecule has 1 saturated carbocycles. The quantitative estimate of drug-likeness (QED) is 0.461. The van der Waals surface area contributed by atoms with Gasteiger partial charge in [0, 0.05) is 30.2 Å². The molecule has 2 aromatic carbocycles. The first-order chi connectivity index (χ1) is 15.5. The van der Waals surface area contributed by atoms with Gasteiger partial charge in [-0.05, 0) is 42.7 Å². The summed E-state index contributed by atoms with van der Waals surface area (Å²) in [4.78, 5) is 39.8. The predicted octanol–water partition coefficient (Wildman–Crippen LogP) is 3.56. The molecule has 0 radical (unpaired) electrons. The van der Waals surface area contributed by atoms with E-state index < -0.39 is 5.69 Å². The smallest absolute Gasteiger partial charge is 0.337 e. The lowest BCUT2D eigenvalue weighted by molar-refractivity contribution is 0.637. The number of aryl methyl sites for hydroxylation is 1. The van der Waals surface area contributed by atoms with Gasteiger partial charge in [-0.15, -0.1) is 0 Å². The molecule has 1 fully saturated rings. The van der Waals surface area contributed by atoms with Gasteiger partial charge in [-0.2, -0.15) is 0 Å². The van der Waals surface area contributed by atoms with Crippen LogP contribution < -0.4 is 22.1 Å². The molecule has 0 bridgehead atoms. The molecule has 8 heteroatoms. The van der Waals surface area contributed by atoms with Crippen molar-refractivity contribution in [2.75, 3.05) is 5.32 Å². The van der Waals surface area contributed by atoms with Crippen molar-refractivity contribution in [2.24, 2.45) is 7.05 Å². The third-order valence-corrected chi connectivity index (χ3v) is 6.30. The summed E-state index contributed by atoms with van der Waals surface area (Å²) in [7, 11) is 1.59. The van der Waals surface area contributed by atoms with Gasteiger partial charge in [0.1, 0.15) is 11.0 Å². The van der Waals surface area contributed by atoms with Crippen molar-refractivity contribution in [2.45, 2.75) is 25.4 Å². The molecule has 0 atom stereocenters. The van der Waals surface area contributed by atoms with Crippen LogP contribution in [0.1, 0.15) is 24.4 Å².